The number of benzene rings is 2. The van der Waals surface area contributed by atoms with Crippen LogP contribution in [-0.2, 0) is 22.9 Å². The minimum Gasteiger partial charge on any atom is -0.388 e. The van der Waals surface area contributed by atoms with Gasteiger partial charge in [0.25, 0.3) is 0 Å². The zero-order valence-electron chi connectivity index (χ0n) is 18.5. The van der Waals surface area contributed by atoms with Crippen LogP contribution in [0.5, 0.6) is 0 Å². The summed E-state index contributed by atoms with van der Waals surface area (Å²) in [6, 6.07) is 16.0. The Morgan fingerprint density at radius 2 is 1.71 bits per heavy atom. The molecular weight excluding hydrogens is 406 g/mol. The van der Waals surface area contributed by atoms with Crippen LogP contribution < -0.4 is 4.31 Å². The van der Waals surface area contributed by atoms with Gasteiger partial charge < -0.3 is 5.11 Å². The second-order valence-corrected chi connectivity index (χ2v) is 11.2. The summed E-state index contributed by atoms with van der Waals surface area (Å²) in [5, 5.41) is 10.7. The fourth-order valence-electron chi connectivity index (χ4n) is 5.25. The van der Waals surface area contributed by atoms with Gasteiger partial charge in [-0.2, -0.15) is 0 Å². The van der Waals surface area contributed by atoms with Crippen LogP contribution in [0.1, 0.15) is 74.7 Å². The van der Waals surface area contributed by atoms with E-state index in [0.29, 0.717) is 18.0 Å². The van der Waals surface area contributed by atoms with Gasteiger partial charge in [-0.05, 0) is 60.4 Å². The second-order valence-electron chi connectivity index (χ2n) is 9.28. The number of hydrogen-bond acceptors (Lipinski definition) is 3. The minimum atomic E-state index is -3.31. The first kappa shape index (κ1) is 22.3. The van der Waals surface area contributed by atoms with Gasteiger partial charge in [0.15, 0.2) is 0 Å². The molecule has 0 spiro atoms. The Morgan fingerprint density at radius 3 is 2.42 bits per heavy atom. The largest absolute Gasteiger partial charge is 0.388 e. The van der Waals surface area contributed by atoms with Crippen LogP contribution >= 0.6 is 0 Å². The molecule has 0 radical (unpaired) electrons. The maximum atomic E-state index is 12.8. The molecule has 1 saturated heterocycles. The van der Waals surface area contributed by atoms with Crippen LogP contribution in [0.25, 0.3) is 0 Å². The number of anilines is 1. The van der Waals surface area contributed by atoms with E-state index in [0.717, 1.165) is 24.8 Å². The van der Waals surface area contributed by atoms with E-state index in [4.69, 9.17) is 0 Å². The van der Waals surface area contributed by atoms with Crippen molar-refractivity contribution in [2.45, 2.75) is 76.9 Å². The summed E-state index contributed by atoms with van der Waals surface area (Å²) in [6.45, 7) is 2.13. The highest BCUT2D eigenvalue weighted by Gasteiger charge is 2.37. The molecule has 31 heavy (non-hydrogen) atoms. The highest BCUT2D eigenvalue weighted by Crippen LogP contribution is 2.34. The maximum absolute atomic E-state index is 12.8. The first-order valence-electron chi connectivity index (χ1n) is 11.8. The van der Waals surface area contributed by atoms with Gasteiger partial charge in [-0.3, -0.25) is 4.31 Å². The van der Waals surface area contributed by atoms with Crippen molar-refractivity contribution in [2.24, 2.45) is 5.92 Å². The summed E-state index contributed by atoms with van der Waals surface area (Å²) >= 11 is 0. The standard InChI is InChI=1S/C26H35NO3S/c1-2-20-9-6-10-22(17-20)18-25-15-16-31(29,30)27(25)24-13-11-23(12-14-24)26(28)19-21-7-4-3-5-8-21/h6,9-14,17,21,25-26,28H,2-5,7-8,15-16,18-19H2,1H3. The van der Waals surface area contributed by atoms with E-state index in [2.05, 4.69) is 31.2 Å². The Morgan fingerprint density at radius 1 is 1.00 bits per heavy atom. The molecule has 4 nitrogen and oxygen atoms in total. The molecule has 2 aliphatic rings. The molecule has 2 atom stereocenters. The molecular formula is C26H35NO3S. The van der Waals surface area contributed by atoms with Gasteiger partial charge in [-0.1, -0.05) is 75.4 Å². The smallest absolute Gasteiger partial charge is 0.235 e. The number of nitrogens with zero attached hydrogens (tertiary/aromatic N) is 1. The van der Waals surface area contributed by atoms with Crippen molar-refractivity contribution in [1.82, 2.24) is 0 Å². The van der Waals surface area contributed by atoms with Crippen LogP contribution in [0.3, 0.4) is 0 Å². The molecule has 2 unspecified atom stereocenters. The van der Waals surface area contributed by atoms with Gasteiger partial charge in [0, 0.05) is 0 Å². The van der Waals surface area contributed by atoms with E-state index in [1.165, 1.54) is 43.2 Å². The Hall–Kier alpha value is -1.85. The topological polar surface area (TPSA) is 57.6 Å². The number of hydrogen-bond donors (Lipinski definition) is 1. The summed E-state index contributed by atoms with van der Waals surface area (Å²) in [7, 11) is -3.31. The van der Waals surface area contributed by atoms with Gasteiger partial charge in [0.1, 0.15) is 0 Å². The lowest BCUT2D eigenvalue weighted by molar-refractivity contribution is 0.131. The average molecular weight is 442 g/mol. The van der Waals surface area contributed by atoms with Crippen molar-refractivity contribution < 1.29 is 13.5 Å². The van der Waals surface area contributed by atoms with Crippen LogP contribution in [-0.4, -0.2) is 25.3 Å². The van der Waals surface area contributed by atoms with E-state index in [-0.39, 0.29) is 11.8 Å². The molecule has 1 saturated carbocycles. The summed E-state index contributed by atoms with van der Waals surface area (Å²) in [5.74, 6) is 0.794. The zero-order chi connectivity index (χ0) is 21.8. The molecule has 1 aliphatic carbocycles. The maximum Gasteiger partial charge on any atom is 0.235 e. The first-order valence-corrected chi connectivity index (χ1v) is 13.4. The molecule has 1 aliphatic heterocycles. The molecule has 1 heterocycles. The second kappa shape index (κ2) is 9.74. The molecule has 2 fully saturated rings. The lowest BCUT2D eigenvalue weighted by atomic mass is 9.84. The number of sulfonamides is 1. The first-order chi connectivity index (χ1) is 15.0. The summed E-state index contributed by atoms with van der Waals surface area (Å²) in [4.78, 5) is 0. The van der Waals surface area contributed by atoms with Crippen molar-refractivity contribution >= 4 is 15.7 Å². The van der Waals surface area contributed by atoms with Gasteiger partial charge in [0.2, 0.25) is 10.0 Å². The summed E-state index contributed by atoms with van der Waals surface area (Å²) in [6.07, 6.45) is 8.95. The molecule has 168 valence electrons. The zero-order valence-corrected chi connectivity index (χ0v) is 19.4. The third-order valence-corrected chi connectivity index (χ3v) is 8.88. The fraction of sp³-hybridized carbons (Fsp3) is 0.538. The highest BCUT2D eigenvalue weighted by molar-refractivity contribution is 7.93. The predicted octanol–water partition coefficient (Wildman–Crippen LogP) is 5.40. The van der Waals surface area contributed by atoms with Gasteiger partial charge in [0.05, 0.1) is 23.6 Å². The Bertz CT molecular complexity index is 964. The number of aryl methyl sites for hydroxylation is 1. The number of aliphatic hydroxyl groups is 1. The van der Waals surface area contributed by atoms with Crippen molar-refractivity contribution in [3.63, 3.8) is 0 Å². The lowest BCUT2D eigenvalue weighted by Crippen LogP contribution is -2.34. The summed E-state index contributed by atoms with van der Waals surface area (Å²) in [5.41, 5.74) is 4.06. The lowest BCUT2D eigenvalue weighted by Gasteiger charge is -2.27. The summed E-state index contributed by atoms with van der Waals surface area (Å²) < 4.78 is 27.3. The normalized spacial score (nSPS) is 22.5. The van der Waals surface area contributed by atoms with Gasteiger partial charge in [-0.15, -0.1) is 0 Å². The molecule has 0 amide bonds. The monoisotopic (exact) mass is 441 g/mol. The third kappa shape index (κ3) is 5.32. The predicted molar refractivity (Wildman–Crippen MR) is 127 cm³/mol. The minimum absolute atomic E-state index is 0.0601. The van der Waals surface area contributed by atoms with E-state index >= 15 is 0 Å². The van der Waals surface area contributed by atoms with Gasteiger partial charge >= 0.3 is 0 Å². The molecule has 2 aromatic rings. The van der Waals surface area contributed by atoms with Crippen LogP contribution in [0.15, 0.2) is 48.5 Å². The number of rotatable bonds is 7. The van der Waals surface area contributed by atoms with Crippen LogP contribution in [0.2, 0.25) is 0 Å². The molecule has 0 aromatic heterocycles. The Labute approximate surface area is 187 Å². The van der Waals surface area contributed by atoms with E-state index in [9.17, 15) is 13.5 Å². The van der Waals surface area contributed by atoms with Crippen LogP contribution in [0, 0.1) is 5.92 Å². The molecule has 5 heteroatoms. The van der Waals surface area contributed by atoms with Crippen molar-refractivity contribution in [2.75, 3.05) is 10.1 Å². The average Bonchev–Trinajstić information content (AvgIpc) is 3.08. The molecule has 2 aromatic carbocycles. The van der Waals surface area contributed by atoms with Gasteiger partial charge in [-0.25, -0.2) is 8.42 Å². The molecule has 1 N–H and O–H groups in total. The Kier molecular flexibility index (Phi) is 7.02. The fourth-order valence-corrected chi connectivity index (χ4v) is 7.09. The van der Waals surface area contributed by atoms with E-state index in [1.807, 2.05) is 24.3 Å². The SMILES string of the molecule is CCc1cccc(CC2CCS(=O)(=O)N2c2ccc(C(O)CC3CCCCC3)cc2)c1. The third-order valence-electron chi connectivity index (χ3n) is 7.03. The highest BCUT2D eigenvalue weighted by atomic mass is 32.2. The molecule has 0 bridgehead atoms. The van der Waals surface area contributed by atoms with Crippen LogP contribution in [0.4, 0.5) is 5.69 Å². The Balaban J connectivity index is 1.48. The van der Waals surface area contributed by atoms with Crippen molar-refractivity contribution in [3.8, 4) is 0 Å². The van der Waals surface area contributed by atoms with E-state index in [1.54, 1.807) is 4.31 Å². The van der Waals surface area contributed by atoms with Crippen molar-refractivity contribution in [1.29, 1.82) is 0 Å². The van der Waals surface area contributed by atoms with Crippen molar-refractivity contribution in [3.05, 3.63) is 65.2 Å². The van der Waals surface area contributed by atoms with E-state index < -0.39 is 16.1 Å². The number of aliphatic hydroxyl groups excluding tert-OH is 1. The quantitative estimate of drug-likeness (QED) is 0.625. The molecule has 4 rings (SSSR count).